The monoisotopic (exact) mass is 551 g/mol. The SMILES string of the molecule is CC(C)n1c(=O)sc2cc(NC(=O)C3CCN(S(=O)(=O)Cc4ccc(Br)cc4)CC3)ccc21. The molecule has 0 saturated carbocycles. The molecule has 1 fully saturated rings. The van der Waals surface area contributed by atoms with Gasteiger partial charge in [-0.3, -0.25) is 14.2 Å². The van der Waals surface area contributed by atoms with Gasteiger partial charge in [-0.25, -0.2) is 12.7 Å². The number of thiazole rings is 1. The minimum atomic E-state index is -3.43. The zero-order chi connectivity index (χ0) is 23.8. The predicted octanol–water partition coefficient (Wildman–Crippen LogP) is 4.59. The van der Waals surface area contributed by atoms with Crippen molar-refractivity contribution < 1.29 is 13.2 Å². The Kier molecular flexibility index (Phi) is 7.09. The molecule has 0 unspecified atom stereocenters. The largest absolute Gasteiger partial charge is 0.326 e. The van der Waals surface area contributed by atoms with Crippen molar-refractivity contribution in [3.05, 3.63) is 62.2 Å². The summed E-state index contributed by atoms with van der Waals surface area (Å²) in [6.07, 6.45) is 0.954. The van der Waals surface area contributed by atoms with Crippen LogP contribution in [0.5, 0.6) is 0 Å². The van der Waals surface area contributed by atoms with Crippen molar-refractivity contribution in [1.29, 1.82) is 0 Å². The Balaban J connectivity index is 1.37. The van der Waals surface area contributed by atoms with E-state index in [1.54, 1.807) is 16.7 Å². The number of aromatic nitrogens is 1. The third-order valence-corrected chi connectivity index (χ3v) is 9.17. The molecule has 0 spiro atoms. The Morgan fingerprint density at radius 1 is 1.15 bits per heavy atom. The number of nitrogens with one attached hydrogen (secondary N) is 1. The third kappa shape index (κ3) is 5.40. The topological polar surface area (TPSA) is 88.5 Å². The summed E-state index contributed by atoms with van der Waals surface area (Å²) >= 11 is 4.52. The average molecular weight is 553 g/mol. The molecule has 1 aromatic heterocycles. The van der Waals surface area contributed by atoms with Gasteiger partial charge in [-0.15, -0.1) is 0 Å². The number of halogens is 1. The summed E-state index contributed by atoms with van der Waals surface area (Å²) in [7, 11) is -3.43. The number of anilines is 1. The van der Waals surface area contributed by atoms with Crippen LogP contribution in [0.4, 0.5) is 5.69 Å². The maximum atomic E-state index is 12.8. The van der Waals surface area contributed by atoms with Gasteiger partial charge in [0.15, 0.2) is 0 Å². The minimum Gasteiger partial charge on any atom is -0.326 e. The van der Waals surface area contributed by atoms with Gasteiger partial charge in [-0.05, 0) is 62.6 Å². The van der Waals surface area contributed by atoms with Crippen molar-refractivity contribution in [2.24, 2.45) is 5.92 Å². The highest BCUT2D eigenvalue weighted by molar-refractivity contribution is 9.10. The van der Waals surface area contributed by atoms with Gasteiger partial charge in [0.25, 0.3) is 0 Å². The molecule has 2 aromatic carbocycles. The van der Waals surface area contributed by atoms with E-state index >= 15 is 0 Å². The lowest BCUT2D eigenvalue weighted by Gasteiger charge is -2.30. The van der Waals surface area contributed by atoms with Crippen molar-refractivity contribution in [1.82, 2.24) is 8.87 Å². The zero-order valence-electron chi connectivity index (χ0n) is 18.5. The molecule has 0 bridgehead atoms. The average Bonchev–Trinajstić information content (AvgIpc) is 3.10. The lowest BCUT2D eigenvalue weighted by atomic mass is 9.97. The van der Waals surface area contributed by atoms with Crippen LogP contribution in [0, 0.1) is 5.92 Å². The fraction of sp³-hybridized carbons (Fsp3) is 0.391. The van der Waals surface area contributed by atoms with Gasteiger partial charge in [0.1, 0.15) is 0 Å². The molecule has 10 heteroatoms. The molecule has 4 rings (SSSR count). The fourth-order valence-electron chi connectivity index (χ4n) is 4.13. The first kappa shape index (κ1) is 24.1. The van der Waals surface area contributed by atoms with Crippen LogP contribution in [-0.4, -0.2) is 36.3 Å². The highest BCUT2D eigenvalue weighted by atomic mass is 79.9. The quantitative estimate of drug-likeness (QED) is 0.485. The van der Waals surface area contributed by atoms with Crippen molar-refractivity contribution in [3.8, 4) is 0 Å². The normalized spacial score (nSPS) is 15.9. The van der Waals surface area contributed by atoms with Crippen LogP contribution >= 0.6 is 27.3 Å². The number of nitrogens with zero attached hydrogens (tertiary/aromatic N) is 2. The second-order valence-corrected chi connectivity index (χ2v) is 12.4. The van der Waals surface area contributed by atoms with Crippen LogP contribution in [0.1, 0.15) is 38.3 Å². The zero-order valence-corrected chi connectivity index (χ0v) is 21.7. The van der Waals surface area contributed by atoms with E-state index in [9.17, 15) is 18.0 Å². The number of fused-ring (bicyclic) bond motifs is 1. The van der Waals surface area contributed by atoms with E-state index in [2.05, 4.69) is 21.2 Å². The van der Waals surface area contributed by atoms with Gasteiger partial charge in [-0.1, -0.05) is 39.4 Å². The summed E-state index contributed by atoms with van der Waals surface area (Å²) in [5.74, 6) is -0.412. The number of piperidine rings is 1. The molecule has 1 aliphatic rings. The second kappa shape index (κ2) is 9.69. The molecule has 33 heavy (non-hydrogen) atoms. The first-order valence-electron chi connectivity index (χ1n) is 10.8. The third-order valence-electron chi connectivity index (χ3n) is 5.88. The molecule has 1 aliphatic heterocycles. The first-order chi connectivity index (χ1) is 15.6. The molecule has 176 valence electrons. The maximum Gasteiger partial charge on any atom is 0.308 e. The Morgan fingerprint density at radius 3 is 2.45 bits per heavy atom. The van der Waals surface area contributed by atoms with Crippen molar-refractivity contribution in [2.45, 2.75) is 38.5 Å². The van der Waals surface area contributed by atoms with Crippen LogP contribution in [0.25, 0.3) is 10.2 Å². The number of hydrogen-bond acceptors (Lipinski definition) is 5. The molecule has 0 aliphatic carbocycles. The summed E-state index contributed by atoms with van der Waals surface area (Å²) < 4.78 is 30.6. The fourth-order valence-corrected chi connectivity index (χ4v) is 7.01. The van der Waals surface area contributed by atoms with E-state index in [0.717, 1.165) is 20.3 Å². The van der Waals surface area contributed by atoms with Gasteiger partial charge < -0.3 is 5.32 Å². The highest BCUT2D eigenvalue weighted by Crippen LogP contribution is 2.27. The summed E-state index contributed by atoms with van der Waals surface area (Å²) in [5.41, 5.74) is 2.25. The molecule has 1 N–H and O–H groups in total. The Bertz CT molecular complexity index is 1320. The Morgan fingerprint density at radius 2 is 1.82 bits per heavy atom. The lowest BCUT2D eigenvalue weighted by Crippen LogP contribution is -2.41. The summed E-state index contributed by atoms with van der Waals surface area (Å²) in [6.45, 7) is 4.59. The van der Waals surface area contributed by atoms with Crippen molar-refractivity contribution >= 4 is 59.1 Å². The van der Waals surface area contributed by atoms with Gasteiger partial charge in [0.05, 0.1) is 16.0 Å². The molecule has 1 amide bonds. The molecular weight excluding hydrogens is 526 g/mol. The van der Waals surface area contributed by atoms with E-state index in [0.29, 0.717) is 31.6 Å². The number of benzene rings is 2. The lowest BCUT2D eigenvalue weighted by molar-refractivity contribution is -0.120. The molecule has 2 heterocycles. The van der Waals surface area contributed by atoms with Crippen molar-refractivity contribution in [2.75, 3.05) is 18.4 Å². The number of carbonyl (C=O) groups excluding carboxylic acids is 1. The van der Waals surface area contributed by atoms with Gasteiger partial charge in [0.2, 0.25) is 15.9 Å². The molecule has 0 radical (unpaired) electrons. The van der Waals surface area contributed by atoms with E-state index in [4.69, 9.17) is 0 Å². The van der Waals surface area contributed by atoms with Crippen LogP contribution in [-0.2, 0) is 20.6 Å². The van der Waals surface area contributed by atoms with Crippen LogP contribution in [0.3, 0.4) is 0 Å². The summed E-state index contributed by atoms with van der Waals surface area (Å²) in [5, 5.41) is 2.94. The molecular formula is C23H26BrN3O4S2. The molecule has 3 aromatic rings. The van der Waals surface area contributed by atoms with Crippen LogP contribution in [0.2, 0.25) is 0 Å². The summed E-state index contributed by atoms with van der Waals surface area (Å²) in [4.78, 5) is 25.0. The van der Waals surface area contributed by atoms with E-state index in [1.807, 2.05) is 44.2 Å². The first-order valence-corrected chi connectivity index (χ1v) is 14.0. The smallest absolute Gasteiger partial charge is 0.308 e. The molecule has 7 nitrogen and oxygen atoms in total. The highest BCUT2D eigenvalue weighted by Gasteiger charge is 2.31. The number of amides is 1. The summed E-state index contributed by atoms with van der Waals surface area (Å²) in [6, 6.07) is 12.8. The van der Waals surface area contributed by atoms with Gasteiger partial charge in [0, 0.05) is 35.2 Å². The number of sulfonamides is 1. The van der Waals surface area contributed by atoms with Gasteiger partial charge >= 0.3 is 4.87 Å². The second-order valence-electron chi connectivity index (χ2n) is 8.56. The van der Waals surface area contributed by atoms with E-state index in [1.165, 1.54) is 15.6 Å². The van der Waals surface area contributed by atoms with E-state index in [-0.39, 0.29) is 28.5 Å². The van der Waals surface area contributed by atoms with Gasteiger partial charge in [-0.2, -0.15) is 0 Å². The predicted molar refractivity (Wildman–Crippen MR) is 136 cm³/mol. The number of hydrogen-bond donors (Lipinski definition) is 1. The number of carbonyl (C=O) groups is 1. The Labute approximate surface area is 205 Å². The standard InChI is InChI=1S/C23H26BrN3O4S2/c1-15(2)27-20-8-7-19(13-21(20)32-23(27)29)25-22(28)17-9-11-26(12-10-17)33(30,31)14-16-3-5-18(24)6-4-16/h3-8,13,15,17H,9-12,14H2,1-2H3,(H,25,28). The number of rotatable bonds is 6. The molecule has 1 saturated heterocycles. The van der Waals surface area contributed by atoms with Crippen LogP contribution < -0.4 is 10.2 Å². The Hall–Kier alpha value is -2.01. The van der Waals surface area contributed by atoms with Crippen LogP contribution in [0.15, 0.2) is 51.7 Å². The molecule has 0 atom stereocenters. The van der Waals surface area contributed by atoms with Crippen molar-refractivity contribution in [3.63, 3.8) is 0 Å². The van der Waals surface area contributed by atoms with E-state index < -0.39 is 10.0 Å². The minimum absolute atomic E-state index is 0.0137. The maximum absolute atomic E-state index is 12.8.